The molecule has 0 amide bonds. The van der Waals surface area contributed by atoms with Gasteiger partial charge in [-0.3, -0.25) is 4.72 Å². The minimum Gasteiger partial charge on any atom is -0.263 e. The van der Waals surface area contributed by atoms with E-state index in [0.29, 0.717) is 0 Å². The third-order valence-electron chi connectivity index (χ3n) is 3.82. The molecule has 1 aromatic carbocycles. The number of alkyl halides is 3. The predicted octanol–water partition coefficient (Wildman–Crippen LogP) is 4.93. The molecule has 10 heteroatoms. The van der Waals surface area contributed by atoms with Crippen LogP contribution in [0, 0.1) is 0 Å². The Morgan fingerprint density at radius 2 is 1.89 bits per heavy atom. The minimum absolute atomic E-state index is 0.210. The Kier molecular flexibility index (Phi) is 5.38. The van der Waals surface area contributed by atoms with Crippen LogP contribution in [-0.2, 0) is 16.2 Å². The summed E-state index contributed by atoms with van der Waals surface area (Å²) in [5.41, 5.74) is 0.305. The quantitative estimate of drug-likeness (QED) is 0.769. The molecule has 2 heterocycles. The van der Waals surface area contributed by atoms with Crippen molar-refractivity contribution in [1.29, 1.82) is 0 Å². The first-order chi connectivity index (χ1) is 12.7. The zero-order valence-electron chi connectivity index (χ0n) is 14.2. The number of thioether (sulfide) groups is 1. The van der Waals surface area contributed by atoms with E-state index >= 15 is 0 Å². The summed E-state index contributed by atoms with van der Waals surface area (Å²) in [6.45, 7) is 2.01. The number of hydrogen-bond donors (Lipinski definition) is 1. The maximum absolute atomic E-state index is 12.7. The second-order valence-corrected chi connectivity index (χ2v) is 8.49. The van der Waals surface area contributed by atoms with Crippen LogP contribution in [0.5, 0.6) is 0 Å². The Hall–Kier alpha value is -2.20. The fraction of sp³-hybridized carbons (Fsp3) is 0.235. The maximum atomic E-state index is 12.7. The molecule has 1 N–H and O–H groups in total. The lowest BCUT2D eigenvalue weighted by molar-refractivity contribution is -0.137. The largest absolute Gasteiger partial charge is 0.416 e. The number of hydrogen-bond acceptors (Lipinski definition) is 4. The summed E-state index contributed by atoms with van der Waals surface area (Å²) in [5, 5.41) is 6.89. The summed E-state index contributed by atoms with van der Waals surface area (Å²) in [7, 11) is -4.06. The van der Waals surface area contributed by atoms with E-state index < -0.39 is 21.8 Å². The van der Waals surface area contributed by atoms with E-state index in [1.165, 1.54) is 34.3 Å². The molecule has 1 aliphatic rings. The van der Waals surface area contributed by atoms with Gasteiger partial charge in [0.1, 0.15) is 10.8 Å². The van der Waals surface area contributed by atoms with E-state index in [-0.39, 0.29) is 10.7 Å². The maximum Gasteiger partial charge on any atom is 0.416 e. The molecule has 3 rings (SSSR count). The molecule has 1 aromatic heterocycles. The van der Waals surface area contributed by atoms with Crippen molar-refractivity contribution in [3.8, 4) is 0 Å². The van der Waals surface area contributed by atoms with E-state index in [0.717, 1.165) is 42.1 Å². The van der Waals surface area contributed by atoms with Crippen LogP contribution in [0.2, 0.25) is 0 Å². The predicted molar refractivity (Wildman–Crippen MR) is 99.3 cm³/mol. The lowest BCUT2D eigenvalue weighted by atomic mass is 10.2. The van der Waals surface area contributed by atoms with Crippen LogP contribution < -0.4 is 4.72 Å². The highest BCUT2D eigenvalue weighted by Crippen LogP contribution is 2.32. The Morgan fingerprint density at radius 3 is 2.56 bits per heavy atom. The number of sulfonamides is 1. The molecule has 0 atom stereocenters. The van der Waals surface area contributed by atoms with Gasteiger partial charge in [-0.2, -0.15) is 18.3 Å². The van der Waals surface area contributed by atoms with Crippen LogP contribution in [0.1, 0.15) is 25.3 Å². The van der Waals surface area contributed by atoms with Crippen molar-refractivity contribution < 1.29 is 21.6 Å². The summed E-state index contributed by atoms with van der Waals surface area (Å²) < 4.78 is 66.9. The molecule has 5 nitrogen and oxygen atoms in total. The average molecular weight is 415 g/mol. The van der Waals surface area contributed by atoms with Crippen molar-refractivity contribution in [3.05, 3.63) is 59.1 Å². The van der Waals surface area contributed by atoms with Gasteiger partial charge in [0, 0.05) is 6.07 Å². The highest BCUT2D eigenvalue weighted by molar-refractivity contribution is 8.10. The van der Waals surface area contributed by atoms with Gasteiger partial charge in [-0.05, 0) is 49.4 Å². The van der Waals surface area contributed by atoms with Gasteiger partial charge >= 0.3 is 6.18 Å². The summed E-state index contributed by atoms with van der Waals surface area (Å²) in [5.74, 6) is 0.210. The van der Waals surface area contributed by atoms with Crippen LogP contribution in [-0.4, -0.2) is 18.2 Å². The molecule has 0 fully saturated rings. The lowest BCUT2D eigenvalue weighted by Gasteiger charge is -2.12. The first-order valence-corrected chi connectivity index (χ1v) is 10.3. The van der Waals surface area contributed by atoms with Crippen LogP contribution in [0.4, 0.5) is 19.0 Å². The molecule has 0 bridgehead atoms. The van der Waals surface area contributed by atoms with Gasteiger partial charge in [-0.25, -0.2) is 13.1 Å². The number of rotatable bonds is 4. The number of nitrogens with zero attached hydrogens (tertiary/aromatic N) is 2. The number of anilines is 1. The number of allylic oxidation sites excluding steroid dienone is 2. The van der Waals surface area contributed by atoms with Crippen LogP contribution in [0.3, 0.4) is 0 Å². The molecule has 144 valence electrons. The molecule has 0 unspecified atom stereocenters. The molecule has 0 aliphatic carbocycles. The molecular formula is C17H16F3N3O2S2. The lowest BCUT2D eigenvalue weighted by Crippen LogP contribution is -2.16. The van der Waals surface area contributed by atoms with Crippen molar-refractivity contribution in [2.45, 2.75) is 30.8 Å². The van der Waals surface area contributed by atoms with Crippen LogP contribution in [0.15, 0.2) is 58.5 Å². The fourth-order valence-corrected chi connectivity index (χ4v) is 4.34. The molecule has 1 aliphatic heterocycles. The number of nitrogens with one attached hydrogen (secondary N) is 1. The van der Waals surface area contributed by atoms with Crippen LogP contribution >= 0.6 is 11.8 Å². The summed E-state index contributed by atoms with van der Waals surface area (Å²) in [4.78, 5) is -0.263. The fourth-order valence-electron chi connectivity index (χ4n) is 2.40. The van der Waals surface area contributed by atoms with E-state index in [1.807, 2.05) is 18.4 Å². The summed E-state index contributed by atoms with van der Waals surface area (Å²) in [6, 6.07) is 4.83. The van der Waals surface area contributed by atoms with Gasteiger partial charge in [0.25, 0.3) is 10.0 Å². The second kappa shape index (κ2) is 7.43. The van der Waals surface area contributed by atoms with Gasteiger partial charge < -0.3 is 0 Å². The number of aromatic nitrogens is 2. The zero-order chi connectivity index (χ0) is 19.7. The van der Waals surface area contributed by atoms with Gasteiger partial charge in [0.05, 0.1) is 16.7 Å². The van der Waals surface area contributed by atoms with Crippen molar-refractivity contribution in [2.75, 3.05) is 4.72 Å². The standard InChI is InChI=1S/C17H16F3N3O2S2/c1-12-3-2-4-16(26-11-12)23-15(9-10-21-23)22-27(24,25)14-7-5-13(6-8-14)17(18,19)20/h4-11,22H,2-3H2,1H3. The normalized spacial score (nSPS) is 15.7. The SMILES string of the molecule is CC1=CSC(n2nccc2NS(=O)(=O)c2ccc(C(F)(F)F)cc2)=CCC1. The van der Waals surface area contributed by atoms with Crippen LogP contribution in [0.25, 0.3) is 5.03 Å². The molecular weight excluding hydrogens is 399 g/mol. The highest BCUT2D eigenvalue weighted by Gasteiger charge is 2.30. The molecule has 0 spiro atoms. The minimum atomic E-state index is -4.52. The molecule has 0 saturated carbocycles. The second-order valence-electron chi connectivity index (χ2n) is 5.92. The van der Waals surface area contributed by atoms with Gasteiger partial charge in [-0.15, -0.1) is 0 Å². The van der Waals surface area contributed by atoms with Gasteiger partial charge in [0.2, 0.25) is 0 Å². The Bertz CT molecular complexity index is 991. The smallest absolute Gasteiger partial charge is 0.263 e. The highest BCUT2D eigenvalue weighted by atomic mass is 32.2. The Balaban J connectivity index is 1.85. The van der Waals surface area contributed by atoms with Crippen molar-refractivity contribution in [3.63, 3.8) is 0 Å². The molecule has 0 saturated heterocycles. The van der Waals surface area contributed by atoms with E-state index in [9.17, 15) is 21.6 Å². The van der Waals surface area contributed by atoms with Crippen molar-refractivity contribution >= 4 is 32.6 Å². The monoisotopic (exact) mass is 415 g/mol. The van der Waals surface area contributed by atoms with Gasteiger partial charge in [0.15, 0.2) is 0 Å². The van der Waals surface area contributed by atoms with Gasteiger partial charge in [-0.1, -0.05) is 23.4 Å². The first-order valence-electron chi connectivity index (χ1n) is 7.94. The average Bonchev–Trinajstić information content (AvgIpc) is 2.93. The number of halogens is 3. The molecule has 27 heavy (non-hydrogen) atoms. The third-order valence-corrected chi connectivity index (χ3v) is 6.29. The Labute approximate surface area is 159 Å². The molecule has 0 radical (unpaired) electrons. The number of benzene rings is 1. The van der Waals surface area contributed by atoms with Crippen molar-refractivity contribution in [2.24, 2.45) is 0 Å². The zero-order valence-corrected chi connectivity index (χ0v) is 15.8. The Morgan fingerprint density at radius 1 is 1.19 bits per heavy atom. The molecule has 2 aromatic rings. The van der Waals surface area contributed by atoms with E-state index in [2.05, 4.69) is 9.82 Å². The third kappa shape index (κ3) is 4.56. The van der Waals surface area contributed by atoms with E-state index in [4.69, 9.17) is 0 Å². The summed E-state index contributed by atoms with van der Waals surface area (Å²) in [6.07, 6.45) is 0.594. The van der Waals surface area contributed by atoms with E-state index in [1.54, 1.807) is 0 Å². The topological polar surface area (TPSA) is 64.0 Å². The summed E-state index contributed by atoms with van der Waals surface area (Å²) >= 11 is 1.43. The van der Waals surface area contributed by atoms with Crippen molar-refractivity contribution in [1.82, 2.24) is 9.78 Å². The first kappa shape index (κ1) is 19.6.